The molecule has 1 heterocycles. The van der Waals surface area contributed by atoms with Crippen molar-refractivity contribution >= 4 is 34.0 Å². The van der Waals surface area contributed by atoms with Gasteiger partial charge in [0.2, 0.25) is 10.0 Å². The molecule has 0 unspecified atom stereocenters. The SMILES string of the molecule is CNCC1CCN(S(=O)(=O)c2cccc(Cl)c2C#N)CC1.Cl. The van der Waals surface area contributed by atoms with Crippen molar-refractivity contribution in [2.75, 3.05) is 26.7 Å². The smallest absolute Gasteiger partial charge is 0.244 e. The average Bonchev–Trinajstić information content (AvgIpc) is 2.48. The number of nitrogens with one attached hydrogen (secondary N) is 1. The Morgan fingerprint density at radius 3 is 2.59 bits per heavy atom. The Hall–Kier alpha value is -0.840. The second-order valence-corrected chi connectivity index (χ2v) is 7.44. The Labute approximate surface area is 142 Å². The van der Waals surface area contributed by atoms with Crippen molar-refractivity contribution in [3.05, 3.63) is 28.8 Å². The summed E-state index contributed by atoms with van der Waals surface area (Å²) < 4.78 is 26.8. The minimum absolute atomic E-state index is 0. The van der Waals surface area contributed by atoms with Gasteiger partial charge in [0.15, 0.2) is 0 Å². The van der Waals surface area contributed by atoms with E-state index < -0.39 is 10.0 Å². The molecule has 1 aromatic carbocycles. The van der Waals surface area contributed by atoms with Crippen LogP contribution in [0.25, 0.3) is 0 Å². The maximum atomic E-state index is 12.7. The number of piperidine rings is 1. The molecule has 1 fully saturated rings. The quantitative estimate of drug-likeness (QED) is 0.890. The summed E-state index contributed by atoms with van der Waals surface area (Å²) in [6.07, 6.45) is 1.64. The van der Waals surface area contributed by atoms with Crippen molar-refractivity contribution in [3.63, 3.8) is 0 Å². The van der Waals surface area contributed by atoms with Crippen LogP contribution in [-0.2, 0) is 10.0 Å². The fourth-order valence-corrected chi connectivity index (χ4v) is 4.52. The first kappa shape index (κ1) is 19.2. The largest absolute Gasteiger partial charge is 0.319 e. The van der Waals surface area contributed by atoms with Crippen molar-refractivity contribution in [2.45, 2.75) is 17.7 Å². The van der Waals surface area contributed by atoms with Gasteiger partial charge in [0, 0.05) is 13.1 Å². The summed E-state index contributed by atoms with van der Waals surface area (Å²) in [5, 5.41) is 12.4. The molecule has 1 aliphatic rings. The van der Waals surface area contributed by atoms with Crippen molar-refractivity contribution in [2.24, 2.45) is 5.92 Å². The minimum Gasteiger partial charge on any atom is -0.319 e. The second-order valence-electron chi connectivity index (χ2n) is 5.13. The fourth-order valence-electron chi connectivity index (χ4n) is 2.61. The van der Waals surface area contributed by atoms with Gasteiger partial charge in [-0.1, -0.05) is 17.7 Å². The van der Waals surface area contributed by atoms with Crippen molar-refractivity contribution in [1.82, 2.24) is 9.62 Å². The summed E-state index contributed by atoms with van der Waals surface area (Å²) in [4.78, 5) is 0.00423. The molecule has 0 saturated carbocycles. The molecule has 22 heavy (non-hydrogen) atoms. The van der Waals surface area contributed by atoms with Crippen LogP contribution >= 0.6 is 24.0 Å². The molecule has 2 rings (SSSR count). The molecule has 0 amide bonds. The van der Waals surface area contributed by atoms with E-state index in [-0.39, 0.29) is 27.9 Å². The Morgan fingerprint density at radius 2 is 2.05 bits per heavy atom. The summed E-state index contributed by atoms with van der Waals surface area (Å²) in [5.74, 6) is 0.497. The van der Waals surface area contributed by atoms with Gasteiger partial charge in [-0.15, -0.1) is 12.4 Å². The monoisotopic (exact) mass is 363 g/mol. The van der Waals surface area contributed by atoms with Crippen LogP contribution < -0.4 is 5.32 Å². The zero-order chi connectivity index (χ0) is 15.5. The summed E-state index contributed by atoms with van der Waals surface area (Å²) >= 11 is 5.93. The first-order valence-electron chi connectivity index (χ1n) is 6.84. The van der Waals surface area contributed by atoms with E-state index in [1.165, 1.54) is 16.4 Å². The number of hydrogen-bond acceptors (Lipinski definition) is 4. The molecule has 0 spiro atoms. The van der Waals surface area contributed by atoms with Gasteiger partial charge in [-0.05, 0) is 44.5 Å². The van der Waals surface area contributed by atoms with E-state index in [4.69, 9.17) is 16.9 Å². The lowest BCUT2D eigenvalue weighted by Gasteiger charge is -2.31. The van der Waals surface area contributed by atoms with Crippen molar-refractivity contribution in [1.29, 1.82) is 5.26 Å². The molecule has 122 valence electrons. The molecule has 1 aliphatic heterocycles. The lowest BCUT2D eigenvalue weighted by Crippen LogP contribution is -2.40. The van der Waals surface area contributed by atoms with E-state index in [1.807, 2.05) is 13.1 Å². The lowest BCUT2D eigenvalue weighted by atomic mass is 9.98. The molecule has 1 aromatic rings. The minimum atomic E-state index is -3.66. The van der Waals surface area contributed by atoms with E-state index >= 15 is 0 Å². The van der Waals surface area contributed by atoms with Crippen LogP contribution in [0.5, 0.6) is 0 Å². The number of benzene rings is 1. The van der Waals surface area contributed by atoms with E-state index in [0.29, 0.717) is 19.0 Å². The summed E-state index contributed by atoms with van der Waals surface area (Å²) in [6.45, 7) is 1.85. The van der Waals surface area contributed by atoms with Crippen LogP contribution in [0.4, 0.5) is 0 Å². The number of hydrogen-bond donors (Lipinski definition) is 1. The first-order valence-corrected chi connectivity index (χ1v) is 8.66. The highest BCUT2D eigenvalue weighted by Gasteiger charge is 2.31. The Balaban J connectivity index is 0.00000242. The zero-order valence-electron chi connectivity index (χ0n) is 12.3. The molecule has 8 heteroatoms. The molecular weight excluding hydrogens is 345 g/mol. The van der Waals surface area contributed by atoms with Gasteiger partial charge in [0.1, 0.15) is 11.0 Å². The van der Waals surface area contributed by atoms with Gasteiger partial charge < -0.3 is 5.32 Å². The topological polar surface area (TPSA) is 73.2 Å². The van der Waals surface area contributed by atoms with E-state index in [2.05, 4.69) is 5.32 Å². The molecule has 1 N–H and O–H groups in total. The molecule has 0 bridgehead atoms. The number of nitrogens with zero attached hydrogens (tertiary/aromatic N) is 2. The standard InChI is InChI=1S/C14H18ClN3O2S.ClH/c1-17-10-11-5-7-18(8-6-11)21(19,20)14-4-2-3-13(15)12(14)9-16;/h2-4,11,17H,5-8,10H2,1H3;1H. The van der Waals surface area contributed by atoms with E-state index in [0.717, 1.165) is 19.4 Å². The molecule has 0 aliphatic carbocycles. The second kappa shape index (κ2) is 8.14. The molecule has 1 saturated heterocycles. The fraction of sp³-hybridized carbons (Fsp3) is 0.500. The number of sulfonamides is 1. The van der Waals surface area contributed by atoms with Gasteiger partial charge in [-0.2, -0.15) is 9.57 Å². The third kappa shape index (κ3) is 3.92. The molecule has 5 nitrogen and oxygen atoms in total. The lowest BCUT2D eigenvalue weighted by molar-refractivity contribution is 0.270. The number of nitriles is 1. The summed E-state index contributed by atoms with van der Waals surface area (Å²) in [5.41, 5.74) is 0.0246. The Morgan fingerprint density at radius 1 is 1.41 bits per heavy atom. The van der Waals surface area contributed by atoms with E-state index in [1.54, 1.807) is 6.07 Å². The molecule has 0 radical (unpaired) electrons. The third-order valence-corrected chi connectivity index (χ3v) is 6.03. The normalized spacial score (nSPS) is 16.8. The van der Waals surface area contributed by atoms with Crippen LogP contribution in [-0.4, -0.2) is 39.4 Å². The van der Waals surface area contributed by atoms with Crippen LogP contribution in [0, 0.1) is 17.2 Å². The predicted octanol–water partition coefficient (Wildman–Crippen LogP) is 2.25. The molecule has 0 aromatic heterocycles. The zero-order valence-corrected chi connectivity index (χ0v) is 14.6. The van der Waals surface area contributed by atoms with Crippen LogP contribution in [0.2, 0.25) is 5.02 Å². The highest BCUT2D eigenvalue weighted by Crippen LogP contribution is 2.28. The highest BCUT2D eigenvalue weighted by molar-refractivity contribution is 7.89. The van der Waals surface area contributed by atoms with Crippen LogP contribution in [0.3, 0.4) is 0 Å². The number of rotatable bonds is 4. The summed E-state index contributed by atoms with van der Waals surface area (Å²) in [6, 6.07) is 6.42. The van der Waals surface area contributed by atoms with Gasteiger partial charge in [-0.3, -0.25) is 0 Å². The van der Waals surface area contributed by atoms with Gasteiger partial charge in [0.05, 0.1) is 10.6 Å². The molecule has 0 atom stereocenters. The Kier molecular flexibility index (Phi) is 7.10. The van der Waals surface area contributed by atoms with Gasteiger partial charge in [-0.25, -0.2) is 8.42 Å². The number of halogens is 2. The average molecular weight is 364 g/mol. The predicted molar refractivity (Wildman–Crippen MR) is 88.8 cm³/mol. The first-order chi connectivity index (χ1) is 10.0. The van der Waals surface area contributed by atoms with E-state index in [9.17, 15) is 8.42 Å². The van der Waals surface area contributed by atoms with Crippen molar-refractivity contribution < 1.29 is 8.42 Å². The maximum absolute atomic E-state index is 12.7. The Bertz CT molecular complexity index is 651. The van der Waals surface area contributed by atoms with Crippen molar-refractivity contribution in [3.8, 4) is 6.07 Å². The summed E-state index contributed by atoms with van der Waals surface area (Å²) in [7, 11) is -1.76. The maximum Gasteiger partial charge on any atom is 0.244 e. The van der Waals surface area contributed by atoms with Gasteiger partial charge in [0.25, 0.3) is 0 Å². The highest BCUT2D eigenvalue weighted by atomic mass is 35.5. The van der Waals surface area contributed by atoms with Crippen LogP contribution in [0.1, 0.15) is 18.4 Å². The van der Waals surface area contributed by atoms with Gasteiger partial charge >= 0.3 is 0 Å². The van der Waals surface area contributed by atoms with Crippen LogP contribution in [0.15, 0.2) is 23.1 Å². The molecular formula is C14H19Cl2N3O2S. The third-order valence-electron chi connectivity index (χ3n) is 3.77.